The third-order valence-electron chi connectivity index (χ3n) is 5.09. The summed E-state index contributed by atoms with van der Waals surface area (Å²) in [6, 6.07) is 8.97. The molecule has 4 rings (SSSR count). The lowest BCUT2D eigenvalue weighted by molar-refractivity contribution is -0.141. The Morgan fingerprint density at radius 2 is 1.91 bits per heavy atom. The second-order valence-corrected chi connectivity index (χ2v) is 8.77. The second-order valence-electron chi connectivity index (χ2n) is 8.77. The van der Waals surface area contributed by atoms with Crippen LogP contribution < -0.4 is 24.3 Å². The number of hydrogen-bond donors (Lipinski definition) is 1. The van der Waals surface area contributed by atoms with Gasteiger partial charge in [-0.3, -0.25) is 10.1 Å². The van der Waals surface area contributed by atoms with Crippen LogP contribution in [0.2, 0.25) is 0 Å². The monoisotopic (exact) mass is 457 g/mol. The SMILES string of the molecule is COC(=O)C[C@@H]1COc2cc(OCc3cc(NC(=O)OC(C)(C)C)cc4c3OCO4)ccc21. The molecule has 2 aliphatic rings. The highest BCUT2D eigenvalue weighted by Gasteiger charge is 2.27. The Hall–Kier alpha value is -3.62. The summed E-state index contributed by atoms with van der Waals surface area (Å²) in [6.45, 7) is 6.08. The molecule has 33 heavy (non-hydrogen) atoms. The first-order valence-corrected chi connectivity index (χ1v) is 10.6. The fourth-order valence-electron chi connectivity index (χ4n) is 3.65. The van der Waals surface area contributed by atoms with Crippen LogP contribution in [-0.4, -0.2) is 38.2 Å². The van der Waals surface area contributed by atoms with E-state index < -0.39 is 11.7 Å². The van der Waals surface area contributed by atoms with Gasteiger partial charge < -0.3 is 28.4 Å². The molecule has 1 amide bonds. The van der Waals surface area contributed by atoms with Crippen molar-refractivity contribution in [2.75, 3.05) is 25.8 Å². The van der Waals surface area contributed by atoms with Crippen molar-refractivity contribution in [3.8, 4) is 23.0 Å². The highest BCUT2D eigenvalue weighted by molar-refractivity contribution is 5.86. The molecule has 0 fully saturated rings. The molecule has 0 bridgehead atoms. The van der Waals surface area contributed by atoms with E-state index >= 15 is 0 Å². The maximum absolute atomic E-state index is 12.2. The molecule has 176 valence electrons. The maximum Gasteiger partial charge on any atom is 0.412 e. The molecule has 2 heterocycles. The number of carbonyl (C=O) groups is 2. The highest BCUT2D eigenvalue weighted by Crippen LogP contribution is 2.41. The largest absolute Gasteiger partial charge is 0.492 e. The van der Waals surface area contributed by atoms with Gasteiger partial charge in [-0.05, 0) is 32.9 Å². The first-order valence-electron chi connectivity index (χ1n) is 10.6. The Morgan fingerprint density at radius 3 is 2.67 bits per heavy atom. The van der Waals surface area contributed by atoms with E-state index in [9.17, 15) is 9.59 Å². The molecule has 0 saturated heterocycles. The number of fused-ring (bicyclic) bond motifs is 2. The Balaban J connectivity index is 1.46. The third-order valence-corrected chi connectivity index (χ3v) is 5.09. The molecule has 2 aromatic carbocycles. The van der Waals surface area contributed by atoms with Crippen LogP contribution in [0.5, 0.6) is 23.0 Å². The van der Waals surface area contributed by atoms with Crippen molar-refractivity contribution in [3.05, 3.63) is 41.5 Å². The van der Waals surface area contributed by atoms with Crippen molar-refractivity contribution in [2.24, 2.45) is 0 Å². The zero-order chi connectivity index (χ0) is 23.6. The summed E-state index contributed by atoms with van der Waals surface area (Å²) in [6.07, 6.45) is -0.296. The zero-order valence-corrected chi connectivity index (χ0v) is 19.1. The Labute approximate surface area is 191 Å². The number of amides is 1. The van der Waals surface area contributed by atoms with E-state index in [2.05, 4.69) is 5.32 Å². The van der Waals surface area contributed by atoms with Crippen molar-refractivity contribution in [1.29, 1.82) is 0 Å². The van der Waals surface area contributed by atoms with Crippen molar-refractivity contribution in [1.82, 2.24) is 0 Å². The van der Waals surface area contributed by atoms with Crippen LogP contribution in [0.25, 0.3) is 0 Å². The van der Waals surface area contributed by atoms with E-state index in [1.165, 1.54) is 7.11 Å². The van der Waals surface area contributed by atoms with Crippen LogP contribution in [0.1, 0.15) is 44.2 Å². The molecule has 9 heteroatoms. The smallest absolute Gasteiger partial charge is 0.412 e. The van der Waals surface area contributed by atoms with E-state index in [0.717, 1.165) is 5.56 Å². The molecule has 1 N–H and O–H groups in total. The predicted molar refractivity (Wildman–Crippen MR) is 118 cm³/mol. The normalized spacial score (nSPS) is 15.9. The first-order chi connectivity index (χ1) is 15.7. The summed E-state index contributed by atoms with van der Waals surface area (Å²) < 4.78 is 32.9. The first kappa shape index (κ1) is 22.6. The number of methoxy groups -OCH3 is 1. The summed E-state index contributed by atoms with van der Waals surface area (Å²) in [5.41, 5.74) is 1.56. The van der Waals surface area contributed by atoms with Crippen molar-refractivity contribution >= 4 is 17.7 Å². The standard InChI is InChI=1S/C24H27NO8/c1-24(2,3)33-23(27)25-16-7-15(22-20(9-16)31-13-32-22)12-29-17-5-6-18-14(8-21(26)28-4)11-30-19(18)10-17/h5-7,9-10,14H,8,11-13H2,1-4H3,(H,25,27)/t14-/m1/s1. The van der Waals surface area contributed by atoms with Gasteiger partial charge in [-0.15, -0.1) is 0 Å². The minimum Gasteiger partial charge on any atom is -0.492 e. The number of anilines is 1. The van der Waals surface area contributed by atoms with Crippen molar-refractivity contribution in [3.63, 3.8) is 0 Å². The molecular weight excluding hydrogens is 430 g/mol. The fraction of sp³-hybridized carbons (Fsp3) is 0.417. The van der Waals surface area contributed by atoms with Gasteiger partial charge in [-0.1, -0.05) is 6.07 Å². The molecule has 9 nitrogen and oxygen atoms in total. The van der Waals surface area contributed by atoms with Crippen LogP contribution in [-0.2, 0) is 20.9 Å². The van der Waals surface area contributed by atoms with E-state index in [-0.39, 0.29) is 31.7 Å². The van der Waals surface area contributed by atoms with Gasteiger partial charge in [0, 0.05) is 34.9 Å². The summed E-state index contributed by atoms with van der Waals surface area (Å²) in [4.78, 5) is 23.8. The van der Waals surface area contributed by atoms with E-state index in [4.69, 9.17) is 28.4 Å². The number of hydrogen-bond acceptors (Lipinski definition) is 8. The molecule has 0 radical (unpaired) electrons. The molecule has 2 aliphatic heterocycles. The van der Waals surface area contributed by atoms with Gasteiger partial charge in [0.15, 0.2) is 11.5 Å². The second kappa shape index (κ2) is 9.09. The molecule has 0 unspecified atom stereocenters. The van der Waals surface area contributed by atoms with Gasteiger partial charge >= 0.3 is 12.1 Å². The lowest BCUT2D eigenvalue weighted by Gasteiger charge is -2.20. The number of nitrogens with one attached hydrogen (secondary N) is 1. The topological polar surface area (TPSA) is 102 Å². The minimum atomic E-state index is -0.613. The lowest BCUT2D eigenvalue weighted by Crippen LogP contribution is -2.27. The molecule has 0 aliphatic carbocycles. The van der Waals surface area contributed by atoms with Gasteiger partial charge in [-0.25, -0.2) is 4.79 Å². The van der Waals surface area contributed by atoms with Crippen LogP contribution in [0.3, 0.4) is 0 Å². The number of carbonyl (C=O) groups excluding carboxylic acids is 2. The Morgan fingerprint density at radius 1 is 1.09 bits per heavy atom. The maximum atomic E-state index is 12.2. The lowest BCUT2D eigenvalue weighted by atomic mass is 9.98. The quantitative estimate of drug-likeness (QED) is 0.638. The third kappa shape index (κ3) is 5.42. The van der Waals surface area contributed by atoms with E-state index in [1.807, 2.05) is 12.1 Å². The highest BCUT2D eigenvalue weighted by atomic mass is 16.7. The van der Waals surface area contributed by atoms with Crippen LogP contribution in [0, 0.1) is 0 Å². The number of esters is 1. The zero-order valence-electron chi connectivity index (χ0n) is 19.1. The van der Waals surface area contributed by atoms with Gasteiger partial charge in [0.25, 0.3) is 0 Å². The summed E-state index contributed by atoms with van der Waals surface area (Å²) in [7, 11) is 1.37. The van der Waals surface area contributed by atoms with Gasteiger partial charge in [0.05, 0.1) is 20.1 Å². The average Bonchev–Trinajstić information content (AvgIpc) is 3.37. The average molecular weight is 457 g/mol. The van der Waals surface area contributed by atoms with Crippen molar-refractivity contribution in [2.45, 2.75) is 45.3 Å². The molecule has 0 spiro atoms. The summed E-state index contributed by atoms with van der Waals surface area (Å²) >= 11 is 0. The number of benzene rings is 2. The number of rotatable bonds is 6. The Kier molecular flexibility index (Phi) is 6.22. The fourth-order valence-corrected chi connectivity index (χ4v) is 3.65. The molecule has 2 aromatic rings. The van der Waals surface area contributed by atoms with E-state index in [1.54, 1.807) is 39.0 Å². The Bertz CT molecular complexity index is 1060. The molecule has 0 saturated carbocycles. The van der Waals surface area contributed by atoms with Crippen LogP contribution in [0.15, 0.2) is 30.3 Å². The summed E-state index contributed by atoms with van der Waals surface area (Å²) in [5, 5.41) is 2.72. The van der Waals surface area contributed by atoms with Gasteiger partial charge in [0.1, 0.15) is 23.7 Å². The van der Waals surface area contributed by atoms with Crippen LogP contribution >= 0.6 is 0 Å². The predicted octanol–water partition coefficient (Wildman–Crippen LogP) is 4.38. The number of ether oxygens (including phenoxy) is 6. The van der Waals surface area contributed by atoms with Crippen molar-refractivity contribution < 1.29 is 38.0 Å². The molecule has 0 aromatic heterocycles. The molecular formula is C24H27NO8. The minimum absolute atomic E-state index is 0.0362. The molecule has 1 atom stereocenters. The van der Waals surface area contributed by atoms with Crippen LogP contribution in [0.4, 0.5) is 10.5 Å². The summed E-state index contributed by atoms with van der Waals surface area (Å²) in [5.74, 6) is 2.07. The van der Waals surface area contributed by atoms with Gasteiger partial charge in [-0.2, -0.15) is 0 Å². The van der Waals surface area contributed by atoms with E-state index in [0.29, 0.717) is 40.9 Å². The van der Waals surface area contributed by atoms with Gasteiger partial charge in [0.2, 0.25) is 6.79 Å².